The number of benzene rings is 3. The van der Waals surface area contributed by atoms with Gasteiger partial charge in [0.25, 0.3) is 0 Å². The Morgan fingerprint density at radius 3 is 2.10 bits per heavy atom. The molecule has 2 aliphatic rings. The topological polar surface area (TPSA) is 17.0 Å². The molecule has 0 aliphatic heterocycles. The van der Waals surface area contributed by atoms with Crippen molar-refractivity contribution in [3.05, 3.63) is 89.9 Å². The molecule has 3 heteroatoms. The molecule has 0 saturated heterocycles. The van der Waals surface area contributed by atoms with E-state index < -0.39 is 0 Å². The van der Waals surface area contributed by atoms with Crippen molar-refractivity contribution >= 4 is 21.9 Å². The van der Waals surface area contributed by atoms with Crippen LogP contribution in [0.1, 0.15) is 74.8 Å². The summed E-state index contributed by atoms with van der Waals surface area (Å²) < 4.78 is 24.2. The summed E-state index contributed by atoms with van der Waals surface area (Å²) in [4.78, 5) is 0. The molecule has 2 nitrogen and oxygen atoms in total. The molecular formula is C37H39FNO+. The SMILES string of the molecule is Cc1ccc2c(oc3c(-c4ccc(C5CCC(C6CCCCC6)CC5)cc4)c(F)ccc32)c1-c1cccc[n+]1C. The monoisotopic (exact) mass is 532 g/mol. The highest BCUT2D eigenvalue weighted by atomic mass is 19.1. The Kier molecular flexibility index (Phi) is 6.70. The molecule has 40 heavy (non-hydrogen) atoms. The molecule has 2 aliphatic carbocycles. The van der Waals surface area contributed by atoms with Gasteiger partial charge in [-0.2, -0.15) is 0 Å². The number of hydrogen-bond acceptors (Lipinski definition) is 1. The quantitative estimate of drug-likeness (QED) is 0.210. The summed E-state index contributed by atoms with van der Waals surface area (Å²) in [6.07, 6.45) is 14.6. The van der Waals surface area contributed by atoms with E-state index in [4.69, 9.17) is 4.42 Å². The summed E-state index contributed by atoms with van der Waals surface area (Å²) in [5, 5.41) is 1.98. The predicted molar refractivity (Wildman–Crippen MR) is 162 cm³/mol. The van der Waals surface area contributed by atoms with Crippen LogP contribution in [0.25, 0.3) is 44.3 Å². The fourth-order valence-corrected chi connectivity index (χ4v) is 7.80. The highest BCUT2D eigenvalue weighted by Gasteiger charge is 2.29. The van der Waals surface area contributed by atoms with Gasteiger partial charge in [0, 0.05) is 22.9 Å². The van der Waals surface area contributed by atoms with Crippen LogP contribution in [0.4, 0.5) is 4.39 Å². The van der Waals surface area contributed by atoms with E-state index in [-0.39, 0.29) is 5.82 Å². The van der Waals surface area contributed by atoms with Crippen molar-refractivity contribution in [1.82, 2.24) is 0 Å². The highest BCUT2D eigenvalue weighted by molar-refractivity contribution is 6.13. The van der Waals surface area contributed by atoms with E-state index in [1.165, 1.54) is 63.4 Å². The molecule has 7 rings (SSSR count). The van der Waals surface area contributed by atoms with Crippen LogP contribution in [-0.2, 0) is 7.05 Å². The first-order chi connectivity index (χ1) is 19.6. The van der Waals surface area contributed by atoms with Crippen molar-refractivity contribution in [2.45, 2.75) is 70.6 Å². The molecular weight excluding hydrogens is 493 g/mol. The van der Waals surface area contributed by atoms with Crippen LogP contribution < -0.4 is 4.57 Å². The molecule has 2 fully saturated rings. The summed E-state index contributed by atoms with van der Waals surface area (Å²) in [5.74, 6) is 2.29. The van der Waals surface area contributed by atoms with Gasteiger partial charge in [-0.05, 0) is 85.3 Å². The smallest absolute Gasteiger partial charge is 0.216 e. The molecule has 0 bridgehead atoms. The molecule has 204 valence electrons. The first-order valence-electron chi connectivity index (χ1n) is 15.3. The van der Waals surface area contributed by atoms with Crippen molar-refractivity contribution in [2.24, 2.45) is 18.9 Å². The third-order valence-electron chi connectivity index (χ3n) is 10.0. The largest absolute Gasteiger partial charge is 0.454 e. The Bertz CT molecular complexity index is 1670. The van der Waals surface area contributed by atoms with E-state index in [0.717, 1.165) is 50.6 Å². The lowest BCUT2D eigenvalue weighted by atomic mass is 9.70. The van der Waals surface area contributed by atoms with Crippen molar-refractivity contribution in [3.8, 4) is 22.4 Å². The zero-order valence-electron chi connectivity index (χ0n) is 23.8. The minimum absolute atomic E-state index is 0.240. The van der Waals surface area contributed by atoms with Crippen molar-refractivity contribution < 1.29 is 13.4 Å². The summed E-state index contributed by atoms with van der Waals surface area (Å²) in [5.41, 5.74) is 7.55. The maximum Gasteiger partial charge on any atom is 0.216 e. The molecule has 0 N–H and O–H groups in total. The van der Waals surface area contributed by atoms with E-state index in [1.807, 2.05) is 31.4 Å². The highest BCUT2D eigenvalue weighted by Crippen LogP contribution is 2.44. The maximum atomic E-state index is 15.5. The number of halogens is 1. The van der Waals surface area contributed by atoms with Crippen LogP contribution in [0.15, 0.2) is 77.3 Å². The van der Waals surface area contributed by atoms with Crippen molar-refractivity contribution in [1.29, 1.82) is 0 Å². The minimum Gasteiger partial charge on any atom is -0.454 e. The van der Waals surface area contributed by atoms with Gasteiger partial charge in [0.2, 0.25) is 5.69 Å². The Morgan fingerprint density at radius 2 is 1.38 bits per heavy atom. The average molecular weight is 533 g/mol. The molecule has 0 amide bonds. The molecule has 0 radical (unpaired) electrons. The zero-order chi connectivity index (χ0) is 27.2. The van der Waals surface area contributed by atoms with Gasteiger partial charge in [-0.3, -0.25) is 0 Å². The van der Waals surface area contributed by atoms with Crippen LogP contribution in [-0.4, -0.2) is 0 Å². The van der Waals surface area contributed by atoms with E-state index in [2.05, 4.69) is 54.0 Å². The Labute approximate surface area is 236 Å². The van der Waals surface area contributed by atoms with E-state index in [9.17, 15) is 0 Å². The van der Waals surface area contributed by atoms with E-state index in [0.29, 0.717) is 17.1 Å². The average Bonchev–Trinajstić information content (AvgIpc) is 3.37. The minimum atomic E-state index is -0.240. The first kappa shape index (κ1) is 25.5. The Hall–Kier alpha value is -3.46. The third kappa shape index (κ3) is 4.44. The number of pyridine rings is 1. The molecule has 2 aromatic heterocycles. The molecule has 5 aromatic rings. The van der Waals surface area contributed by atoms with Crippen LogP contribution in [0.2, 0.25) is 0 Å². The lowest BCUT2D eigenvalue weighted by molar-refractivity contribution is -0.660. The molecule has 0 atom stereocenters. The van der Waals surface area contributed by atoms with Crippen LogP contribution in [0.3, 0.4) is 0 Å². The lowest BCUT2D eigenvalue weighted by Crippen LogP contribution is -2.30. The van der Waals surface area contributed by atoms with Gasteiger partial charge >= 0.3 is 0 Å². The van der Waals surface area contributed by atoms with Gasteiger partial charge in [-0.25, -0.2) is 8.96 Å². The fraction of sp³-hybridized carbons (Fsp3) is 0.378. The fourth-order valence-electron chi connectivity index (χ4n) is 7.80. The van der Waals surface area contributed by atoms with Gasteiger partial charge in [-0.1, -0.05) is 68.5 Å². The third-order valence-corrected chi connectivity index (χ3v) is 10.0. The molecule has 0 spiro atoms. The standard InChI is InChI=1S/C37H39FNO/c1-24-11-20-30-31-21-22-32(38)35(37(31)40-36(30)34(24)33-10-6-7-23-39(33)2)29-18-16-28(17-19-29)27-14-12-26(13-15-27)25-8-4-3-5-9-25/h6-7,10-11,16-23,25-27H,3-5,8-9,12-15H2,1-2H3/q+1. The van der Waals surface area contributed by atoms with Crippen LogP contribution in [0, 0.1) is 24.6 Å². The van der Waals surface area contributed by atoms with E-state index >= 15 is 4.39 Å². The number of hydrogen-bond donors (Lipinski definition) is 0. The van der Waals surface area contributed by atoms with Crippen LogP contribution in [0.5, 0.6) is 0 Å². The lowest BCUT2D eigenvalue weighted by Gasteiger charge is -2.36. The van der Waals surface area contributed by atoms with E-state index in [1.54, 1.807) is 6.07 Å². The maximum absolute atomic E-state index is 15.5. The van der Waals surface area contributed by atoms with Crippen LogP contribution >= 0.6 is 0 Å². The number of furan rings is 1. The van der Waals surface area contributed by atoms with Crippen molar-refractivity contribution in [2.75, 3.05) is 0 Å². The van der Waals surface area contributed by atoms with Crippen molar-refractivity contribution in [3.63, 3.8) is 0 Å². The van der Waals surface area contributed by atoms with Gasteiger partial charge in [0.05, 0.1) is 11.1 Å². The summed E-state index contributed by atoms with van der Waals surface area (Å²) in [6.45, 7) is 2.11. The molecule has 3 aromatic carbocycles. The number of rotatable bonds is 4. The Morgan fingerprint density at radius 1 is 0.700 bits per heavy atom. The predicted octanol–water partition coefficient (Wildman–Crippen LogP) is 10.0. The zero-order valence-corrected chi connectivity index (χ0v) is 23.8. The van der Waals surface area contributed by atoms with Gasteiger partial charge in [-0.15, -0.1) is 0 Å². The normalized spacial score (nSPS) is 20.4. The second-order valence-electron chi connectivity index (χ2n) is 12.4. The second-order valence-corrected chi connectivity index (χ2v) is 12.4. The number of aryl methyl sites for hydroxylation is 2. The Balaban J connectivity index is 1.22. The molecule has 0 unspecified atom stereocenters. The van der Waals surface area contributed by atoms with Gasteiger partial charge in [0.1, 0.15) is 24.0 Å². The number of nitrogens with zero attached hydrogens (tertiary/aromatic N) is 1. The van der Waals surface area contributed by atoms with Gasteiger partial charge < -0.3 is 4.42 Å². The molecule has 2 heterocycles. The molecule has 2 saturated carbocycles. The first-order valence-corrected chi connectivity index (χ1v) is 15.3. The summed E-state index contributed by atoms with van der Waals surface area (Å²) in [7, 11) is 2.05. The summed E-state index contributed by atoms with van der Waals surface area (Å²) in [6, 6.07) is 22.6. The number of aromatic nitrogens is 1. The van der Waals surface area contributed by atoms with Gasteiger partial charge in [0.15, 0.2) is 6.20 Å². The summed E-state index contributed by atoms with van der Waals surface area (Å²) >= 11 is 0. The second kappa shape index (κ2) is 10.5. The number of fused-ring (bicyclic) bond motifs is 3.